The van der Waals surface area contributed by atoms with Gasteiger partial charge in [0.2, 0.25) is 0 Å². The molecule has 0 spiro atoms. The van der Waals surface area contributed by atoms with Crippen LogP contribution in [0.5, 0.6) is 11.5 Å². The largest absolute Gasteiger partial charge is 0.493 e. The summed E-state index contributed by atoms with van der Waals surface area (Å²) in [6, 6.07) is 8.77. The molecule has 10 heteroatoms. The first-order valence-electron chi connectivity index (χ1n) is 9.36. The van der Waals surface area contributed by atoms with Crippen LogP contribution in [0.3, 0.4) is 0 Å². The Kier molecular flexibility index (Phi) is 6.30. The third kappa shape index (κ3) is 4.53. The first-order chi connectivity index (χ1) is 14.7. The maximum absolute atomic E-state index is 13.3. The van der Waals surface area contributed by atoms with Gasteiger partial charge in [0.05, 0.1) is 24.0 Å². The van der Waals surface area contributed by atoms with Crippen LogP contribution in [-0.4, -0.2) is 43.7 Å². The quantitative estimate of drug-likeness (QED) is 0.474. The average molecular weight is 446 g/mol. The predicted octanol–water partition coefficient (Wildman–Crippen LogP) is 3.09. The molecule has 0 unspecified atom stereocenters. The number of ether oxygens (including phenoxy) is 2. The summed E-state index contributed by atoms with van der Waals surface area (Å²) in [4.78, 5) is 23.0. The zero-order valence-corrected chi connectivity index (χ0v) is 18.1. The summed E-state index contributed by atoms with van der Waals surface area (Å²) in [6.45, 7) is 1.68. The second-order valence-corrected chi connectivity index (χ2v) is 8.96. The third-order valence-electron chi connectivity index (χ3n) is 4.98. The van der Waals surface area contributed by atoms with Gasteiger partial charge in [-0.05, 0) is 42.3 Å². The molecule has 1 atom stereocenters. The maximum atomic E-state index is 13.3. The van der Waals surface area contributed by atoms with E-state index in [0.717, 1.165) is 16.4 Å². The van der Waals surface area contributed by atoms with Crippen LogP contribution in [0.1, 0.15) is 18.9 Å². The molecule has 2 aromatic carbocycles. The number of Topliss-reactive ketones (excluding diaryl/α,β-unsaturated/α-hetero) is 1. The summed E-state index contributed by atoms with van der Waals surface area (Å²) in [5.41, 5.74) is 1.09. The molecule has 0 amide bonds. The van der Waals surface area contributed by atoms with E-state index in [1.165, 1.54) is 32.6 Å². The van der Waals surface area contributed by atoms with Crippen LogP contribution < -0.4 is 9.47 Å². The lowest BCUT2D eigenvalue weighted by Crippen LogP contribution is -2.45. The first-order valence-corrected chi connectivity index (χ1v) is 10.8. The lowest BCUT2D eigenvalue weighted by molar-refractivity contribution is -0.384. The van der Waals surface area contributed by atoms with Gasteiger partial charge in [-0.2, -0.15) is 0 Å². The first kappa shape index (κ1) is 22.3. The zero-order valence-electron chi connectivity index (χ0n) is 17.3. The fraction of sp³-hybridized carbons (Fsp3) is 0.286. The number of hydrogen-bond acceptors (Lipinski definition) is 7. The lowest BCUT2D eigenvalue weighted by atomic mass is 9.95. The molecule has 0 N–H and O–H groups in total. The fourth-order valence-corrected chi connectivity index (χ4v) is 4.99. The topological polar surface area (TPSA) is 116 Å². The van der Waals surface area contributed by atoms with E-state index in [4.69, 9.17) is 9.47 Å². The summed E-state index contributed by atoms with van der Waals surface area (Å²) in [7, 11) is -1.11. The van der Waals surface area contributed by atoms with Gasteiger partial charge in [-0.1, -0.05) is 6.07 Å². The number of nitro groups is 1. The molecule has 0 aromatic heterocycles. The number of non-ortho nitro benzene ring substituents is 1. The highest BCUT2D eigenvalue weighted by molar-refractivity contribution is 7.89. The Hall–Kier alpha value is -3.40. The fourth-order valence-electron chi connectivity index (χ4n) is 3.42. The number of ketones is 1. The Bertz CT molecular complexity index is 1140. The molecule has 0 aliphatic carbocycles. The molecule has 0 saturated heterocycles. The third-order valence-corrected chi connectivity index (χ3v) is 6.76. The van der Waals surface area contributed by atoms with Crippen LogP contribution in [0.25, 0.3) is 0 Å². The second-order valence-electron chi connectivity index (χ2n) is 7.11. The maximum Gasteiger partial charge on any atom is 0.269 e. The van der Waals surface area contributed by atoms with E-state index in [2.05, 4.69) is 0 Å². The van der Waals surface area contributed by atoms with Gasteiger partial charge >= 0.3 is 0 Å². The van der Waals surface area contributed by atoms with E-state index in [0.29, 0.717) is 22.6 Å². The number of carbonyl (C=O) groups is 1. The number of benzene rings is 2. The summed E-state index contributed by atoms with van der Waals surface area (Å²) in [6.07, 6.45) is 1.73. The number of nitro benzene ring substituents is 1. The number of nitrogens with zero attached hydrogens (tertiary/aromatic N) is 2. The molecular weight excluding hydrogens is 424 g/mol. The minimum Gasteiger partial charge on any atom is -0.493 e. The van der Waals surface area contributed by atoms with Gasteiger partial charge in [-0.25, -0.2) is 8.42 Å². The molecule has 0 saturated carbocycles. The van der Waals surface area contributed by atoms with E-state index in [1.807, 2.05) is 0 Å². The van der Waals surface area contributed by atoms with Crippen molar-refractivity contribution in [2.24, 2.45) is 0 Å². The molecule has 0 radical (unpaired) electrons. The number of carbonyl (C=O) groups excluding carboxylic acids is 1. The van der Waals surface area contributed by atoms with E-state index in [-0.39, 0.29) is 29.2 Å². The monoisotopic (exact) mass is 446 g/mol. The van der Waals surface area contributed by atoms with Crippen LogP contribution >= 0.6 is 0 Å². The van der Waals surface area contributed by atoms with Crippen LogP contribution in [0.2, 0.25) is 0 Å². The van der Waals surface area contributed by atoms with Crippen molar-refractivity contribution < 1.29 is 27.6 Å². The molecule has 1 aliphatic heterocycles. The molecule has 0 fully saturated rings. The molecular formula is C21H22N2O7S. The minimum absolute atomic E-state index is 0.130. The summed E-state index contributed by atoms with van der Waals surface area (Å²) >= 11 is 0. The van der Waals surface area contributed by atoms with Crippen LogP contribution in [0, 0.1) is 10.1 Å². The van der Waals surface area contributed by atoms with Gasteiger partial charge in [0.1, 0.15) is 6.04 Å². The molecule has 1 heterocycles. The highest BCUT2D eigenvalue weighted by atomic mass is 32.2. The van der Waals surface area contributed by atoms with Crippen LogP contribution in [0.15, 0.2) is 59.1 Å². The average Bonchev–Trinajstić information content (AvgIpc) is 2.75. The number of sulfonamides is 1. The molecule has 9 nitrogen and oxygen atoms in total. The minimum atomic E-state index is -4.11. The second kappa shape index (κ2) is 8.76. The van der Waals surface area contributed by atoms with Crippen molar-refractivity contribution >= 4 is 21.5 Å². The predicted molar refractivity (Wildman–Crippen MR) is 113 cm³/mol. The Labute approximate surface area is 180 Å². The SMILES string of the molecule is COc1ccc(C[C@H]2C(=O)CC(C)=CN2S(=O)(=O)c2ccc([N+](=O)[O-])cc2)cc1OC. The number of rotatable bonds is 7. The van der Waals surface area contributed by atoms with Gasteiger partial charge in [-0.3, -0.25) is 19.2 Å². The molecule has 2 aromatic rings. The highest BCUT2D eigenvalue weighted by Gasteiger charge is 2.37. The number of allylic oxidation sites excluding steroid dienone is 1. The van der Waals surface area contributed by atoms with Crippen LogP contribution in [-0.2, 0) is 21.2 Å². The van der Waals surface area contributed by atoms with Gasteiger partial charge in [0.25, 0.3) is 15.7 Å². The number of methoxy groups -OCH3 is 2. The molecule has 1 aliphatic rings. The van der Waals surface area contributed by atoms with Gasteiger partial charge in [0, 0.05) is 31.2 Å². The van der Waals surface area contributed by atoms with Crippen LogP contribution in [0.4, 0.5) is 5.69 Å². The lowest BCUT2D eigenvalue weighted by Gasteiger charge is -2.33. The van der Waals surface area contributed by atoms with E-state index < -0.39 is 21.0 Å². The Balaban J connectivity index is 1.99. The van der Waals surface area contributed by atoms with Crippen molar-refractivity contribution in [3.63, 3.8) is 0 Å². The Morgan fingerprint density at radius 3 is 2.32 bits per heavy atom. The van der Waals surface area contributed by atoms with Crippen molar-refractivity contribution in [2.75, 3.05) is 14.2 Å². The molecule has 31 heavy (non-hydrogen) atoms. The van der Waals surface area contributed by atoms with Gasteiger partial charge in [-0.15, -0.1) is 0 Å². The molecule has 3 rings (SSSR count). The van der Waals surface area contributed by atoms with Crippen molar-refractivity contribution in [1.29, 1.82) is 0 Å². The van der Waals surface area contributed by atoms with Crippen molar-refractivity contribution in [3.8, 4) is 11.5 Å². The van der Waals surface area contributed by atoms with Crippen molar-refractivity contribution in [1.82, 2.24) is 4.31 Å². The Morgan fingerprint density at radius 1 is 1.10 bits per heavy atom. The Morgan fingerprint density at radius 2 is 1.74 bits per heavy atom. The number of hydrogen-bond donors (Lipinski definition) is 0. The molecule has 0 bridgehead atoms. The summed E-state index contributed by atoms with van der Waals surface area (Å²) < 4.78 is 38.2. The van der Waals surface area contributed by atoms with Gasteiger partial charge in [0.15, 0.2) is 17.3 Å². The standard InChI is InChI=1S/C21H22N2O7S/c1-14-10-19(24)18(11-15-4-9-20(29-2)21(12-15)30-3)22(13-14)31(27,28)17-7-5-16(6-8-17)23(25)26/h4-9,12-13,18H,10-11H2,1-3H3/t18-/m0/s1. The van der Waals surface area contributed by atoms with Crippen molar-refractivity contribution in [2.45, 2.75) is 30.7 Å². The smallest absolute Gasteiger partial charge is 0.269 e. The molecule has 164 valence electrons. The van der Waals surface area contributed by atoms with E-state index in [1.54, 1.807) is 25.1 Å². The zero-order chi connectivity index (χ0) is 22.8. The summed E-state index contributed by atoms with van der Waals surface area (Å²) in [5, 5.41) is 10.9. The summed E-state index contributed by atoms with van der Waals surface area (Å²) in [5.74, 6) is 0.757. The van der Waals surface area contributed by atoms with Crippen molar-refractivity contribution in [3.05, 3.63) is 69.9 Å². The normalized spacial score (nSPS) is 16.6. The van der Waals surface area contributed by atoms with E-state index in [9.17, 15) is 23.3 Å². The van der Waals surface area contributed by atoms with Gasteiger partial charge < -0.3 is 9.47 Å². The highest BCUT2D eigenvalue weighted by Crippen LogP contribution is 2.32. The van der Waals surface area contributed by atoms with E-state index >= 15 is 0 Å².